The number of anilines is 2. The van der Waals surface area contributed by atoms with Gasteiger partial charge >= 0.3 is 0 Å². The fourth-order valence-electron chi connectivity index (χ4n) is 5.27. The van der Waals surface area contributed by atoms with Crippen molar-refractivity contribution in [1.29, 1.82) is 5.26 Å². The van der Waals surface area contributed by atoms with Crippen LogP contribution in [0.1, 0.15) is 56.6 Å². The molecule has 35 heavy (non-hydrogen) atoms. The van der Waals surface area contributed by atoms with Gasteiger partial charge in [0, 0.05) is 40.3 Å². The van der Waals surface area contributed by atoms with Crippen molar-refractivity contribution in [2.24, 2.45) is 16.8 Å². The molecule has 2 aromatic carbocycles. The van der Waals surface area contributed by atoms with E-state index in [0.717, 1.165) is 57.7 Å². The number of ketones is 1. The Morgan fingerprint density at radius 3 is 2.77 bits per heavy atom. The average Bonchev–Trinajstić information content (AvgIpc) is 2.82. The van der Waals surface area contributed by atoms with Gasteiger partial charge in [-0.3, -0.25) is 9.79 Å². The van der Waals surface area contributed by atoms with Crippen LogP contribution in [0.15, 0.2) is 57.1 Å². The summed E-state index contributed by atoms with van der Waals surface area (Å²) in [6.07, 6.45) is 3.36. The van der Waals surface area contributed by atoms with E-state index in [1.165, 1.54) is 0 Å². The zero-order valence-corrected chi connectivity index (χ0v) is 22.0. The molecule has 182 valence electrons. The molecule has 0 saturated heterocycles. The van der Waals surface area contributed by atoms with Crippen molar-refractivity contribution in [2.45, 2.75) is 52.0 Å². The highest BCUT2D eigenvalue weighted by molar-refractivity contribution is 9.10. The minimum atomic E-state index is -0.498. The lowest BCUT2D eigenvalue weighted by atomic mass is 9.70. The molecule has 4 rings (SSSR count). The Morgan fingerprint density at radius 1 is 1.29 bits per heavy atom. The van der Waals surface area contributed by atoms with E-state index in [2.05, 4.69) is 34.2 Å². The molecule has 6 nitrogen and oxygen atoms in total. The quantitative estimate of drug-likeness (QED) is 0.401. The summed E-state index contributed by atoms with van der Waals surface area (Å²) in [6, 6.07) is 14.1. The van der Waals surface area contributed by atoms with Crippen molar-refractivity contribution in [3.8, 4) is 11.8 Å². The monoisotopic (exact) mass is 534 g/mol. The Bertz CT molecular complexity index is 1220. The number of hydrogen-bond donors (Lipinski definition) is 2. The van der Waals surface area contributed by atoms with E-state index < -0.39 is 5.92 Å². The van der Waals surface area contributed by atoms with Gasteiger partial charge < -0.3 is 15.8 Å². The number of nitrogens with zero attached hydrogens (tertiary/aromatic N) is 2. The number of nitriles is 1. The molecule has 1 aliphatic carbocycles. The van der Waals surface area contributed by atoms with Gasteiger partial charge in [-0.15, -0.1) is 0 Å². The van der Waals surface area contributed by atoms with Gasteiger partial charge in [0.15, 0.2) is 5.78 Å². The van der Waals surface area contributed by atoms with Crippen molar-refractivity contribution < 1.29 is 9.53 Å². The van der Waals surface area contributed by atoms with Crippen molar-refractivity contribution in [3.63, 3.8) is 0 Å². The maximum Gasteiger partial charge on any atom is 0.161 e. The summed E-state index contributed by atoms with van der Waals surface area (Å²) in [7, 11) is 1.65. The zero-order valence-electron chi connectivity index (χ0n) is 20.4. The SMILES string of the molecule is CCCC1CC(=O)C2=C(C1)N=C(C)C(C#N)C2c1cc(N)c(NCc2cccc(OC)c2)c(Br)c1. The van der Waals surface area contributed by atoms with Crippen LogP contribution in [0.4, 0.5) is 11.4 Å². The Morgan fingerprint density at radius 2 is 2.09 bits per heavy atom. The molecule has 3 atom stereocenters. The summed E-state index contributed by atoms with van der Waals surface area (Å²) >= 11 is 3.68. The molecule has 0 aromatic heterocycles. The van der Waals surface area contributed by atoms with Crippen LogP contribution in [-0.4, -0.2) is 18.6 Å². The first-order valence-corrected chi connectivity index (χ1v) is 12.8. The fourth-order valence-corrected chi connectivity index (χ4v) is 5.90. The number of aliphatic imine (C=N–C) groups is 1. The van der Waals surface area contributed by atoms with E-state index in [1.807, 2.05) is 43.3 Å². The van der Waals surface area contributed by atoms with E-state index in [0.29, 0.717) is 30.1 Å². The molecule has 0 radical (unpaired) electrons. The van der Waals surface area contributed by atoms with Crippen LogP contribution < -0.4 is 15.8 Å². The Hall–Kier alpha value is -3.11. The number of halogens is 1. The third-order valence-electron chi connectivity index (χ3n) is 6.91. The number of nitrogens with two attached hydrogens (primary N) is 1. The predicted molar refractivity (Wildman–Crippen MR) is 143 cm³/mol. The van der Waals surface area contributed by atoms with Gasteiger partial charge in [0.2, 0.25) is 0 Å². The first-order valence-electron chi connectivity index (χ1n) is 12.0. The van der Waals surface area contributed by atoms with Crippen LogP contribution >= 0.6 is 15.9 Å². The van der Waals surface area contributed by atoms with Gasteiger partial charge in [-0.05, 0) is 77.0 Å². The predicted octanol–water partition coefficient (Wildman–Crippen LogP) is 6.38. The first-order chi connectivity index (χ1) is 16.9. The van der Waals surface area contributed by atoms with E-state index >= 15 is 0 Å². The number of allylic oxidation sites excluding steroid dienone is 2. The summed E-state index contributed by atoms with van der Waals surface area (Å²) in [5, 5.41) is 13.4. The molecule has 3 unspecified atom stereocenters. The Labute approximate surface area is 215 Å². The van der Waals surface area contributed by atoms with Crippen LogP contribution in [0.3, 0.4) is 0 Å². The summed E-state index contributed by atoms with van der Waals surface area (Å²) < 4.78 is 6.10. The van der Waals surface area contributed by atoms with Crippen molar-refractivity contribution in [2.75, 3.05) is 18.2 Å². The molecule has 0 bridgehead atoms. The van der Waals surface area contributed by atoms with Crippen molar-refractivity contribution in [1.82, 2.24) is 0 Å². The molecule has 0 fully saturated rings. The highest BCUT2D eigenvalue weighted by atomic mass is 79.9. The Kier molecular flexibility index (Phi) is 7.61. The zero-order chi connectivity index (χ0) is 25.1. The largest absolute Gasteiger partial charge is 0.497 e. The van der Waals surface area contributed by atoms with Crippen LogP contribution in [0.2, 0.25) is 0 Å². The summed E-state index contributed by atoms with van der Waals surface area (Å²) in [6.45, 7) is 4.60. The van der Waals surface area contributed by atoms with Crippen LogP contribution in [-0.2, 0) is 11.3 Å². The lowest BCUT2D eigenvalue weighted by molar-refractivity contribution is -0.117. The molecular weight excluding hydrogens is 504 g/mol. The number of carbonyl (C=O) groups is 1. The second kappa shape index (κ2) is 10.7. The lowest BCUT2D eigenvalue weighted by Crippen LogP contribution is -2.32. The molecule has 2 aromatic rings. The molecule has 2 aliphatic rings. The maximum absolute atomic E-state index is 13.3. The third-order valence-corrected chi connectivity index (χ3v) is 7.54. The number of methoxy groups -OCH3 is 1. The van der Waals surface area contributed by atoms with E-state index in [1.54, 1.807) is 7.11 Å². The van der Waals surface area contributed by atoms with Gasteiger partial charge in [-0.1, -0.05) is 25.5 Å². The molecule has 7 heteroatoms. The topological polar surface area (TPSA) is 100 Å². The third kappa shape index (κ3) is 5.13. The molecule has 3 N–H and O–H groups in total. The lowest BCUT2D eigenvalue weighted by Gasteiger charge is -2.35. The normalized spacial score (nSPS) is 21.7. The molecule has 0 saturated carbocycles. The highest BCUT2D eigenvalue weighted by Crippen LogP contribution is 2.46. The minimum absolute atomic E-state index is 0.112. The first kappa shape index (κ1) is 25.0. The second-order valence-electron chi connectivity index (χ2n) is 9.36. The van der Waals surface area contributed by atoms with E-state index in [9.17, 15) is 10.1 Å². The number of rotatable bonds is 7. The second-order valence-corrected chi connectivity index (χ2v) is 10.2. The van der Waals surface area contributed by atoms with Gasteiger partial charge in [0.1, 0.15) is 5.75 Å². The number of carbonyl (C=O) groups excluding carboxylic acids is 1. The number of nitrogen functional groups attached to an aromatic ring is 1. The molecule has 1 aliphatic heterocycles. The molecule has 0 spiro atoms. The standard InChI is InChI=1S/C28H31BrN4O2/c1-4-6-17-10-24-27(25(34)11-17)26(21(14-30)16(2)33-24)19-12-22(29)28(23(31)13-19)32-15-18-7-5-8-20(9-18)35-3/h5,7-9,12-13,17,21,26,32H,4,6,10-11,15,31H2,1-3H3. The van der Waals surface area contributed by atoms with E-state index in [4.69, 9.17) is 15.5 Å². The van der Waals surface area contributed by atoms with Crippen LogP contribution in [0.25, 0.3) is 0 Å². The molecule has 1 heterocycles. The summed E-state index contributed by atoms with van der Waals surface area (Å²) in [5.41, 5.74) is 12.1. The van der Waals surface area contributed by atoms with Gasteiger partial charge in [-0.25, -0.2) is 0 Å². The Balaban J connectivity index is 1.67. The summed E-state index contributed by atoms with van der Waals surface area (Å²) in [4.78, 5) is 18.1. The highest BCUT2D eigenvalue weighted by Gasteiger charge is 2.41. The number of benzene rings is 2. The van der Waals surface area contributed by atoms with Crippen molar-refractivity contribution >= 4 is 38.8 Å². The smallest absolute Gasteiger partial charge is 0.161 e. The summed E-state index contributed by atoms with van der Waals surface area (Å²) in [5.74, 6) is 0.366. The van der Waals surface area contributed by atoms with Crippen molar-refractivity contribution in [3.05, 3.63) is 63.3 Å². The van der Waals surface area contributed by atoms with E-state index in [-0.39, 0.29) is 11.7 Å². The fraction of sp³-hybridized carbons (Fsp3) is 0.393. The van der Waals surface area contributed by atoms with Gasteiger partial charge in [0.05, 0.1) is 30.5 Å². The number of nitrogens with one attached hydrogen (secondary N) is 1. The van der Waals surface area contributed by atoms with Crippen LogP contribution in [0, 0.1) is 23.2 Å². The van der Waals surface area contributed by atoms with Gasteiger partial charge in [0.25, 0.3) is 0 Å². The number of hydrogen-bond acceptors (Lipinski definition) is 6. The number of Topliss-reactive ketones (excluding diaryl/α,β-unsaturated/α-hetero) is 1. The number of ether oxygens (including phenoxy) is 1. The van der Waals surface area contributed by atoms with Gasteiger partial charge in [-0.2, -0.15) is 5.26 Å². The molecule has 0 amide bonds. The maximum atomic E-state index is 13.3. The average molecular weight is 535 g/mol. The van der Waals surface area contributed by atoms with Crippen LogP contribution in [0.5, 0.6) is 5.75 Å². The molecular formula is C28H31BrN4O2. The minimum Gasteiger partial charge on any atom is -0.497 e.